The topological polar surface area (TPSA) is 25.2 Å². The number of rotatable bonds is 4. The van der Waals surface area contributed by atoms with Gasteiger partial charge in [0.05, 0.1) is 0 Å². The Morgan fingerprint density at radius 2 is 1.62 bits per heavy atom. The maximum atomic E-state index is 5.91. The molecule has 0 aliphatic carbocycles. The van der Waals surface area contributed by atoms with Gasteiger partial charge >= 0.3 is 0 Å². The Morgan fingerprint density at radius 3 is 2.33 bits per heavy atom. The van der Waals surface area contributed by atoms with E-state index >= 15 is 0 Å². The van der Waals surface area contributed by atoms with Gasteiger partial charge in [-0.1, -0.05) is 45.0 Å². The lowest BCUT2D eigenvalue weighted by Crippen LogP contribution is -2.26. The van der Waals surface area contributed by atoms with Crippen molar-refractivity contribution in [3.05, 3.63) is 48.0 Å². The van der Waals surface area contributed by atoms with E-state index < -0.39 is 0 Å². The van der Waals surface area contributed by atoms with Crippen LogP contribution in [-0.4, -0.2) is 7.05 Å². The first-order chi connectivity index (χ1) is 10.1. The van der Waals surface area contributed by atoms with Gasteiger partial charge in [-0.25, -0.2) is 0 Å². The summed E-state index contributed by atoms with van der Waals surface area (Å²) in [6, 6.07) is 15.2. The number of hydrogen-bond acceptors (Lipinski definition) is 2. The van der Waals surface area contributed by atoms with Crippen LogP contribution >= 0.6 is 0 Å². The fourth-order valence-electron chi connectivity index (χ4n) is 3.06. The number of benzene rings is 2. The van der Waals surface area contributed by atoms with E-state index in [4.69, 9.17) is 4.42 Å². The minimum atomic E-state index is 0.364. The quantitative estimate of drug-likeness (QED) is 0.716. The van der Waals surface area contributed by atoms with Crippen molar-refractivity contribution in [3.63, 3.8) is 0 Å². The zero-order valence-corrected chi connectivity index (χ0v) is 13.2. The van der Waals surface area contributed by atoms with E-state index in [0.29, 0.717) is 17.9 Å². The highest BCUT2D eigenvalue weighted by Crippen LogP contribution is 2.33. The lowest BCUT2D eigenvalue weighted by molar-refractivity contribution is 0.317. The van der Waals surface area contributed by atoms with Crippen molar-refractivity contribution in [2.45, 2.75) is 26.8 Å². The molecule has 0 aliphatic rings. The van der Waals surface area contributed by atoms with Gasteiger partial charge in [-0.2, -0.15) is 0 Å². The van der Waals surface area contributed by atoms with Crippen LogP contribution in [0.3, 0.4) is 0 Å². The van der Waals surface area contributed by atoms with Gasteiger partial charge in [0, 0.05) is 16.8 Å². The highest BCUT2D eigenvalue weighted by molar-refractivity contribution is 6.05. The van der Waals surface area contributed by atoms with Crippen LogP contribution in [0.25, 0.3) is 21.9 Å². The molecule has 0 spiro atoms. The first-order valence-corrected chi connectivity index (χ1v) is 7.70. The van der Waals surface area contributed by atoms with Crippen molar-refractivity contribution in [2.75, 3.05) is 7.05 Å². The number of nitrogens with one attached hydrogen (secondary N) is 1. The number of fused-ring (bicyclic) bond motifs is 3. The molecule has 3 aromatic rings. The third-order valence-corrected chi connectivity index (χ3v) is 4.65. The van der Waals surface area contributed by atoms with E-state index in [1.54, 1.807) is 0 Å². The molecule has 2 aromatic carbocycles. The predicted octanol–water partition coefficient (Wildman–Crippen LogP) is 5.14. The largest absolute Gasteiger partial charge is 0.456 e. The van der Waals surface area contributed by atoms with E-state index in [2.05, 4.69) is 56.4 Å². The first kappa shape index (κ1) is 14.2. The third-order valence-electron chi connectivity index (χ3n) is 4.65. The first-order valence-electron chi connectivity index (χ1n) is 7.70. The van der Waals surface area contributed by atoms with Crippen LogP contribution < -0.4 is 5.32 Å². The van der Waals surface area contributed by atoms with Crippen molar-refractivity contribution < 1.29 is 4.42 Å². The Bertz CT molecular complexity index is 756. The molecule has 2 unspecified atom stereocenters. The molecule has 0 bridgehead atoms. The molecular formula is C19H23NO. The van der Waals surface area contributed by atoms with E-state index in [1.807, 2.05) is 19.2 Å². The van der Waals surface area contributed by atoms with E-state index in [9.17, 15) is 0 Å². The Kier molecular flexibility index (Phi) is 3.73. The second kappa shape index (κ2) is 5.53. The third kappa shape index (κ3) is 2.44. The average molecular weight is 281 g/mol. The Hall–Kier alpha value is -1.80. The summed E-state index contributed by atoms with van der Waals surface area (Å²) in [4.78, 5) is 0. The summed E-state index contributed by atoms with van der Waals surface area (Å²) in [5.41, 5.74) is 3.26. The summed E-state index contributed by atoms with van der Waals surface area (Å²) in [7, 11) is 2.04. The molecule has 0 saturated heterocycles. The van der Waals surface area contributed by atoms with Crippen LogP contribution in [0.2, 0.25) is 0 Å². The van der Waals surface area contributed by atoms with Gasteiger partial charge in [0.15, 0.2) is 0 Å². The fourth-order valence-corrected chi connectivity index (χ4v) is 3.06. The monoisotopic (exact) mass is 281 g/mol. The van der Waals surface area contributed by atoms with E-state index in [0.717, 1.165) is 11.2 Å². The number of hydrogen-bond donors (Lipinski definition) is 1. The average Bonchev–Trinajstić information content (AvgIpc) is 2.86. The van der Waals surface area contributed by atoms with Gasteiger partial charge in [0.25, 0.3) is 0 Å². The highest BCUT2D eigenvalue weighted by Gasteiger charge is 2.21. The van der Waals surface area contributed by atoms with Crippen LogP contribution in [0.5, 0.6) is 0 Å². The summed E-state index contributed by atoms with van der Waals surface area (Å²) in [6.45, 7) is 6.87. The summed E-state index contributed by atoms with van der Waals surface area (Å²) in [6.07, 6.45) is 0. The Morgan fingerprint density at radius 1 is 0.905 bits per heavy atom. The molecule has 2 heteroatoms. The molecule has 0 amide bonds. The van der Waals surface area contributed by atoms with Crippen molar-refractivity contribution in [3.8, 4) is 0 Å². The van der Waals surface area contributed by atoms with Gasteiger partial charge < -0.3 is 9.73 Å². The standard InChI is InChI=1S/C19H23NO/c1-12(2)13(3)19(20-4)14-9-10-18-16(11-14)15-7-5-6-8-17(15)21-18/h5-13,19-20H,1-4H3. The molecule has 1 aromatic heterocycles. The molecule has 110 valence electrons. The second-order valence-electron chi connectivity index (χ2n) is 6.22. The summed E-state index contributed by atoms with van der Waals surface area (Å²) in [5.74, 6) is 1.21. The lowest BCUT2D eigenvalue weighted by Gasteiger charge is -2.27. The zero-order valence-electron chi connectivity index (χ0n) is 13.2. The molecular weight excluding hydrogens is 258 g/mol. The normalized spacial score (nSPS) is 14.9. The summed E-state index contributed by atoms with van der Waals surface area (Å²) < 4.78 is 5.91. The molecule has 1 N–H and O–H groups in total. The van der Waals surface area contributed by atoms with Crippen molar-refractivity contribution in [2.24, 2.45) is 11.8 Å². The van der Waals surface area contributed by atoms with Crippen LogP contribution in [0.4, 0.5) is 0 Å². The molecule has 0 saturated carbocycles. The van der Waals surface area contributed by atoms with Gasteiger partial charge in [-0.3, -0.25) is 0 Å². The maximum absolute atomic E-state index is 5.91. The molecule has 3 rings (SSSR count). The Balaban J connectivity index is 2.13. The van der Waals surface area contributed by atoms with Crippen molar-refractivity contribution in [1.29, 1.82) is 0 Å². The zero-order chi connectivity index (χ0) is 15.0. The fraction of sp³-hybridized carbons (Fsp3) is 0.368. The number of para-hydroxylation sites is 1. The van der Waals surface area contributed by atoms with Crippen LogP contribution in [0.1, 0.15) is 32.4 Å². The van der Waals surface area contributed by atoms with Gasteiger partial charge in [-0.15, -0.1) is 0 Å². The SMILES string of the molecule is CNC(c1ccc2oc3ccccc3c2c1)C(C)C(C)C. The van der Waals surface area contributed by atoms with E-state index in [-0.39, 0.29) is 0 Å². The Labute approximate surface area is 126 Å². The molecule has 0 fully saturated rings. The minimum absolute atomic E-state index is 0.364. The molecule has 0 aliphatic heterocycles. The molecule has 0 radical (unpaired) electrons. The molecule has 1 heterocycles. The lowest BCUT2D eigenvalue weighted by atomic mass is 9.86. The second-order valence-corrected chi connectivity index (χ2v) is 6.22. The van der Waals surface area contributed by atoms with Gasteiger partial charge in [0.1, 0.15) is 11.2 Å². The van der Waals surface area contributed by atoms with Crippen LogP contribution in [0, 0.1) is 11.8 Å². The summed E-state index contributed by atoms with van der Waals surface area (Å²) in [5, 5.41) is 5.88. The van der Waals surface area contributed by atoms with Gasteiger partial charge in [-0.05, 0) is 42.6 Å². The van der Waals surface area contributed by atoms with E-state index in [1.165, 1.54) is 16.3 Å². The predicted molar refractivity (Wildman–Crippen MR) is 89.5 cm³/mol. The molecule has 2 nitrogen and oxygen atoms in total. The van der Waals surface area contributed by atoms with Crippen molar-refractivity contribution >= 4 is 21.9 Å². The molecule has 2 atom stereocenters. The van der Waals surface area contributed by atoms with Gasteiger partial charge in [0.2, 0.25) is 0 Å². The minimum Gasteiger partial charge on any atom is -0.456 e. The molecule has 21 heavy (non-hydrogen) atoms. The highest BCUT2D eigenvalue weighted by atomic mass is 16.3. The van der Waals surface area contributed by atoms with Crippen molar-refractivity contribution in [1.82, 2.24) is 5.32 Å². The van der Waals surface area contributed by atoms with Crippen LogP contribution in [0.15, 0.2) is 46.9 Å². The smallest absolute Gasteiger partial charge is 0.135 e. The van der Waals surface area contributed by atoms with Crippen LogP contribution in [-0.2, 0) is 0 Å². The summed E-state index contributed by atoms with van der Waals surface area (Å²) >= 11 is 0. The maximum Gasteiger partial charge on any atom is 0.135 e. The number of furan rings is 1.